The maximum Gasteiger partial charge on any atom is 0.164 e. The van der Waals surface area contributed by atoms with E-state index in [0.29, 0.717) is 17.5 Å². The zero-order valence-electron chi connectivity index (χ0n) is 37.7. The van der Waals surface area contributed by atoms with Gasteiger partial charge in [-0.2, -0.15) is 0 Å². The average Bonchev–Trinajstić information content (AvgIpc) is 3.98. The number of hydrogen-bond donors (Lipinski definition) is 0. The van der Waals surface area contributed by atoms with Crippen molar-refractivity contribution in [2.75, 3.05) is 0 Å². The molecule has 6 heteroatoms. The Labute approximate surface area is 402 Å². The first-order valence-electron chi connectivity index (χ1n) is 23.5. The van der Waals surface area contributed by atoms with E-state index < -0.39 is 0 Å². The van der Waals surface area contributed by atoms with E-state index in [1.165, 1.54) is 16.3 Å². The van der Waals surface area contributed by atoms with Gasteiger partial charge < -0.3 is 8.98 Å². The van der Waals surface area contributed by atoms with Crippen molar-refractivity contribution in [2.24, 2.45) is 0 Å². The highest BCUT2D eigenvalue weighted by atomic mass is 16.3. The van der Waals surface area contributed by atoms with Gasteiger partial charge in [0.05, 0.1) is 22.2 Å². The zero-order chi connectivity index (χ0) is 46.1. The highest BCUT2D eigenvalue weighted by Gasteiger charge is 2.19. The monoisotopic (exact) mass is 893 g/mol. The Morgan fingerprint density at radius 2 is 0.814 bits per heavy atom. The molecule has 4 aromatic heterocycles. The SMILES string of the molecule is c1ccc(-c2nc(-c3ccc(-c4ccc5c(c4)nc(-c4ccccc4)c4cc6c7ccccc7n(-c7ccccc7)c6cc45)cc3)nc(-c3cccc(-c4ccc5c(c4)oc4ccccc45)c3)n2)cc1. The molecule has 0 unspecified atom stereocenters. The van der Waals surface area contributed by atoms with Crippen LogP contribution in [0.25, 0.3) is 139 Å². The number of aromatic nitrogens is 5. The van der Waals surface area contributed by atoms with Gasteiger partial charge in [-0.3, -0.25) is 0 Å². The molecule has 0 aliphatic rings. The second kappa shape index (κ2) is 16.1. The largest absolute Gasteiger partial charge is 0.456 e. The lowest BCUT2D eigenvalue weighted by atomic mass is 9.96. The Hall–Kier alpha value is -9.52. The molecule has 0 radical (unpaired) electrons. The second-order valence-corrected chi connectivity index (χ2v) is 17.8. The Balaban J connectivity index is 0.864. The molecule has 14 rings (SSSR count). The number of benzene rings is 10. The predicted molar refractivity (Wildman–Crippen MR) is 287 cm³/mol. The molecule has 0 bridgehead atoms. The summed E-state index contributed by atoms with van der Waals surface area (Å²) in [6.45, 7) is 0. The van der Waals surface area contributed by atoms with Crippen LogP contribution in [-0.2, 0) is 0 Å². The fourth-order valence-corrected chi connectivity index (χ4v) is 10.2. The molecular weight excluding hydrogens is 855 g/mol. The Morgan fingerprint density at radius 1 is 0.271 bits per heavy atom. The van der Waals surface area contributed by atoms with Crippen LogP contribution in [0, 0.1) is 0 Å². The fourth-order valence-electron chi connectivity index (χ4n) is 10.2. The van der Waals surface area contributed by atoms with Crippen molar-refractivity contribution in [3.05, 3.63) is 237 Å². The van der Waals surface area contributed by atoms with Gasteiger partial charge in [0.15, 0.2) is 17.5 Å². The van der Waals surface area contributed by atoms with Crippen LogP contribution >= 0.6 is 0 Å². The summed E-state index contributed by atoms with van der Waals surface area (Å²) in [6, 6.07) is 82.8. The van der Waals surface area contributed by atoms with Crippen molar-refractivity contribution in [1.82, 2.24) is 24.5 Å². The van der Waals surface area contributed by atoms with E-state index >= 15 is 0 Å². The van der Waals surface area contributed by atoms with Gasteiger partial charge in [-0.15, -0.1) is 0 Å². The lowest BCUT2D eigenvalue weighted by Crippen LogP contribution is -2.00. The maximum absolute atomic E-state index is 6.25. The first-order chi connectivity index (χ1) is 34.7. The number of para-hydroxylation sites is 3. The molecule has 0 amide bonds. The van der Waals surface area contributed by atoms with Crippen molar-refractivity contribution < 1.29 is 4.42 Å². The third-order valence-corrected chi connectivity index (χ3v) is 13.6. The van der Waals surface area contributed by atoms with E-state index in [9.17, 15) is 0 Å². The zero-order valence-corrected chi connectivity index (χ0v) is 37.7. The van der Waals surface area contributed by atoms with Crippen LogP contribution in [0.1, 0.15) is 0 Å². The molecule has 326 valence electrons. The maximum atomic E-state index is 6.25. The molecule has 0 aliphatic heterocycles. The van der Waals surface area contributed by atoms with Gasteiger partial charge in [0.25, 0.3) is 0 Å². The number of hydrogen-bond acceptors (Lipinski definition) is 5. The summed E-state index contributed by atoms with van der Waals surface area (Å²) in [6.07, 6.45) is 0. The van der Waals surface area contributed by atoms with Gasteiger partial charge in [0.2, 0.25) is 0 Å². The summed E-state index contributed by atoms with van der Waals surface area (Å²) in [4.78, 5) is 20.7. The number of rotatable bonds is 7. The third kappa shape index (κ3) is 6.65. The minimum atomic E-state index is 0.600. The predicted octanol–water partition coefficient (Wildman–Crippen LogP) is 16.6. The van der Waals surface area contributed by atoms with Crippen molar-refractivity contribution in [1.29, 1.82) is 0 Å². The number of nitrogens with zero attached hydrogens (tertiary/aromatic N) is 5. The fraction of sp³-hybridized carbons (Fsp3) is 0. The van der Waals surface area contributed by atoms with E-state index in [1.54, 1.807) is 0 Å². The quantitative estimate of drug-likeness (QED) is 0.149. The highest BCUT2D eigenvalue weighted by molar-refractivity contribution is 6.20. The Morgan fingerprint density at radius 3 is 1.59 bits per heavy atom. The van der Waals surface area contributed by atoms with Crippen LogP contribution < -0.4 is 0 Å². The second-order valence-electron chi connectivity index (χ2n) is 17.8. The standard InChI is InChI=1S/C64H39N5O/c1-4-15-41(16-5-1)61-55-38-54-50-23-10-12-25-57(50)69(48-21-8-3-9-22-48)58(54)39-53(55)49-33-31-45(36-56(49)65-61)40-27-29-43(30-28-40)63-66-62(42-17-6-2-7-18-42)67-64(68-63)47-20-14-19-44(35-47)46-32-34-52-51-24-11-13-26-59(51)70-60(52)37-46/h1-39H. The first kappa shape index (κ1) is 39.6. The summed E-state index contributed by atoms with van der Waals surface area (Å²) in [5.74, 6) is 1.81. The van der Waals surface area contributed by atoms with Crippen molar-refractivity contribution in [3.63, 3.8) is 0 Å². The van der Waals surface area contributed by atoms with Crippen molar-refractivity contribution in [2.45, 2.75) is 0 Å². The smallest absolute Gasteiger partial charge is 0.164 e. The lowest BCUT2D eigenvalue weighted by molar-refractivity contribution is 0.669. The molecule has 0 N–H and O–H groups in total. The molecule has 14 aromatic rings. The summed E-state index contributed by atoms with van der Waals surface area (Å²) in [5, 5.41) is 8.03. The highest BCUT2D eigenvalue weighted by Crippen LogP contribution is 2.41. The normalized spacial score (nSPS) is 11.7. The van der Waals surface area contributed by atoms with E-state index in [0.717, 1.165) is 105 Å². The summed E-state index contributed by atoms with van der Waals surface area (Å²) in [7, 11) is 0. The van der Waals surface area contributed by atoms with Gasteiger partial charge >= 0.3 is 0 Å². The minimum Gasteiger partial charge on any atom is -0.456 e. The van der Waals surface area contributed by atoms with Gasteiger partial charge in [-0.05, 0) is 88.3 Å². The van der Waals surface area contributed by atoms with Crippen LogP contribution in [0.3, 0.4) is 0 Å². The molecule has 0 atom stereocenters. The molecule has 0 aliphatic carbocycles. The molecular formula is C64H39N5O. The van der Waals surface area contributed by atoms with Crippen LogP contribution in [0.4, 0.5) is 0 Å². The van der Waals surface area contributed by atoms with Crippen molar-refractivity contribution >= 4 is 65.4 Å². The van der Waals surface area contributed by atoms with E-state index in [1.807, 2.05) is 48.5 Å². The number of pyridine rings is 1. The van der Waals surface area contributed by atoms with Crippen LogP contribution in [0.5, 0.6) is 0 Å². The average molecular weight is 894 g/mol. The molecule has 6 nitrogen and oxygen atoms in total. The van der Waals surface area contributed by atoms with Crippen LogP contribution in [0.15, 0.2) is 241 Å². The van der Waals surface area contributed by atoms with Gasteiger partial charge in [-0.1, -0.05) is 176 Å². The number of fused-ring (bicyclic) bond motifs is 9. The molecule has 0 saturated carbocycles. The molecule has 0 fully saturated rings. The summed E-state index contributed by atoms with van der Waals surface area (Å²) < 4.78 is 8.64. The number of furan rings is 1. The van der Waals surface area contributed by atoms with E-state index in [4.69, 9.17) is 24.4 Å². The van der Waals surface area contributed by atoms with Gasteiger partial charge in [0, 0.05) is 60.3 Å². The minimum absolute atomic E-state index is 0.600. The first-order valence-corrected chi connectivity index (χ1v) is 23.5. The molecule has 10 aromatic carbocycles. The van der Waals surface area contributed by atoms with E-state index in [-0.39, 0.29) is 0 Å². The molecule has 0 saturated heterocycles. The molecule has 4 heterocycles. The van der Waals surface area contributed by atoms with Gasteiger partial charge in [-0.25, -0.2) is 19.9 Å². The lowest BCUT2D eigenvalue weighted by Gasteiger charge is -2.13. The van der Waals surface area contributed by atoms with Crippen LogP contribution in [0.2, 0.25) is 0 Å². The molecule has 70 heavy (non-hydrogen) atoms. The summed E-state index contributed by atoms with van der Waals surface area (Å²) >= 11 is 0. The Bertz CT molecular complexity index is 4330. The third-order valence-electron chi connectivity index (χ3n) is 13.6. The summed E-state index contributed by atoms with van der Waals surface area (Å²) in [5.41, 5.74) is 15.1. The van der Waals surface area contributed by atoms with Crippen molar-refractivity contribution in [3.8, 4) is 73.4 Å². The molecule has 0 spiro atoms. The van der Waals surface area contributed by atoms with Crippen LogP contribution in [-0.4, -0.2) is 24.5 Å². The Kier molecular flexibility index (Phi) is 9.10. The van der Waals surface area contributed by atoms with Gasteiger partial charge in [0.1, 0.15) is 11.2 Å². The topological polar surface area (TPSA) is 69.6 Å². The van der Waals surface area contributed by atoms with E-state index in [2.05, 4.69) is 193 Å².